The zero-order chi connectivity index (χ0) is 17.3. The van der Waals surface area contributed by atoms with Gasteiger partial charge in [0.05, 0.1) is 24.1 Å². The van der Waals surface area contributed by atoms with Crippen molar-refractivity contribution in [3.8, 4) is 0 Å². The van der Waals surface area contributed by atoms with Gasteiger partial charge < -0.3 is 15.1 Å². The molecule has 2 N–H and O–H groups in total. The molecule has 0 unspecified atom stereocenters. The van der Waals surface area contributed by atoms with Crippen LogP contribution in [-0.4, -0.2) is 20.8 Å². The van der Waals surface area contributed by atoms with Crippen LogP contribution in [0.25, 0.3) is 11.0 Å². The predicted molar refractivity (Wildman–Crippen MR) is 91.9 cm³/mol. The molecule has 0 fully saturated rings. The van der Waals surface area contributed by atoms with Crippen LogP contribution in [0.4, 0.5) is 10.5 Å². The molecule has 0 aromatic carbocycles. The molecular formula is C17H21N5O2. The number of urea groups is 1. The maximum Gasteiger partial charge on any atom is 0.319 e. The summed E-state index contributed by atoms with van der Waals surface area (Å²) in [5, 5.41) is 10.8. The standard InChI is InChI=1S/C17H21N5O2/c1-10(2)22-16-13(8-19-22)7-14(9-18-16)21-17(23)20-12(4)15-6-5-11(3)24-15/h5-10,12H,1-4H3,(H2,20,21,23)/t12-/m0/s1. The van der Waals surface area contributed by atoms with E-state index in [-0.39, 0.29) is 18.1 Å². The lowest BCUT2D eigenvalue weighted by molar-refractivity contribution is 0.247. The monoisotopic (exact) mass is 327 g/mol. The van der Waals surface area contributed by atoms with Gasteiger partial charge in [-0.3, -0.25) is 0 Å². The zero-order valence-corrected chi connectivity index (χ0v) is 14.2. The summed E-state index contributed by atoms with van der Waals surface area (Å²) in [5.41, 5.74) is 1.42. The van der Waals surface area contributed by atoms with Crippen LogP contribution in [0.2, 0.25) is 0 Å². The molecule has 0 bridgehead atoms. The van der Waals surface area contributed by atoms with E-state index in [2.05, 4.69) is 20.7 Å². The number of fused-ring (bicyclic) bond motifs is 1. The number of furan rings is 1. The van der Waals surface area contributed by atoms with Crippen molar-refractivity contribution in [1.82, 2.24) is 20.1 Å². The molecule has 3 rings (SSSR count). The molecule has 0 aliphatic rings. The van der Waals surface area contributed by atoms with Gasteiger partial charge in [0.2, 0.25) is 0 Å². The average molecular weight is 327 g/mol. The van der Waals surface area contributed by atoms with Gasteiger partial charge in [0.15, 0.2) is 5.65 Å². The second-order valence-electron chi connectivity index (χ2n) is 6.09. The van der Waals surface area contributed by atoms with E-state index in [0.717, 1.165) is 22.6 Å². The molecular weight excluding hydrogens is 306 g/mol. The Balaban J connectivity index is 1.69. The Morgan fingerprint density at radius 2 is 2.04 bits per heavy atom. The number of carbonyl (C=O) groups excluding carboxylic acids is 1. The predicted octanol–water partition coefficient (Wildman–Crippen LogP) is 3.80. The lowest BCUT2D eigenvalue weighted by Gasteiger charge is -2.12. The van der Waals surface area contributed by atoms with E-state index in [4.69, 9.17) is 4.42 Å². The first-order valence-corrected chi connectivity index (χ1v) is 7.91. The molecule has 0 aliphatic carbocycles. The van der Waals surface area contributed by atoms with Gasteiger partial charge in [0.25, 0.3) is 0 Å². The van der Waals surface area contributed by atoms with Crippen LogP contribution >= 0.6 is 0 Å². The first-order valence-electron chi connectivity index (χ1n) is 7.91. The molecule has 7 heteroatoms. The number of aryl methyl sites for hydroxylation is 1. The highest BCUT2D eigenvalue weighted by Crippen LogP contribution is 2.19. The maximum atomic E-state index is 12.1. The maximum absolute atomic E-state index is 12.1. The van der Waals surface area contributed by atoms with Crippen molar-refractivity contribution in [2.24, 2.45) is 0 Å². The Bertz CT molecular complexity index is 865. The molecule has 0 spiro atoms. The van der Waals surface area contributed by atoms with Crippen molar-refractivity contribution in [3.05, 3.63) is 42.1 Å². The van der Waals surface area contributed by atoms with E-state index >= 15 is 0 Å². The highest BCUT2D eigenvalue weighted by atomic mass is 16.3. The van der Waals surface area contributed by atoms with Gasteiger partial charge in [-0.1, -0.05) is 0 Å². The number of rotatable bonds is 4. The Morgan fingerprint density at radius 1 is 1.25 bits per heavy atom. The van der Waals surface area contributed by atoms with Crippen LogP contribution < -0.4 is 10.6 Å². The molecule has 7 nitrogen and oxygen atoms in total. The number of carbonyl (C=O) groups is 1. The van der Waals surface area contributed by atoms with E-state index in [1.165, 1.54) is 0 Å². The largest absolute Gasteiger partial charge is 0.464 e. The summed E-state index contributed by atoms with van der Waals surface area (Å²) in [7, 11) is 0. The summed E-state index contributed by atoms with van der Waals surface area (Å²) < 4.78 is 7.36. The van der Waals surface area contributed by atoms with Crippen LogP contribution in [0.15, 0.2) is 35.0 Å². The molecule has 3 heterocycles. The quantitative estimate of drug-likeness (QED) is 0.763. The molecule has 1 atom stereocenters. The molecule has 126 valence electrons. The third kappa shape index (κ3) is 3.24. The van der Waals surface area contributed by atoms with E-state index < -0.39 is 0 Å². The third-order valence-corrected chi connectivity index (χ3v) is 3.72. The Hall–Kier alpha value is -2.83. The van der Waals surface area contributed by atoms with Crippen LogP contribution in [0, 0.1) is 6.92 Å². The fourth-order valence-electron chi connectivity index (χ4n) is 2.51. The van der Waals surface area contributed by atoms with Gasteiger partial charge in [0.1, 0.15) is 11.5 Å². The van der Waals surface area contributed by atoms with Gasteiger partial charge in [-0.2, -0.15) is 5.10 Å². The second kappa shape index (κ2) is 6.35. The van der Waals surface area contributed by atoms with Crippen LogP contribution in [-0.2, 0) is 0 Å². The number of amides is 2. The summed E-state index contributed by atoms with van der Waals surface area (Å²) in [5.74, 6) is 1.53. The van der Waals surface area contributed by atoms with Crippen molar-refractivity contribution in [1.29, 1.82) is 0 Å². The third-order valence-electron chi connectivity index (χ3n) is 3.72. The minimum absolute atomic E-state index is 0.223. The van der Waals surface area contributed by atoms with Crippen LogP contribution in [0.5, 0.6) is 0 Å². The minimum Gasteiger partial charge on any atom is -0.464 e. The van der Waals surface area contributed by atoms with Crippen LogP contribution in [0.1, 0.15) is 44.4 Å². The van der Waals surface area contributed by atoms with Crippen molar-refractivity contribution < 1.29 is 9.21 Å². The van der Waals surface area contributed by atoms with Gasteiger partial charge in [-0.25, -0.2) is 14.5 Å². The average Bonchev–Trinajstić information content (AvgIpc) is 3.12. The normalized spacial score (nSPS) is 12.5. The second-order valence-corrected chi connectivity index (χ2v) is 6.09. The molecule has 0 aliphatic heterocycles. The first-order chi connectivity index (χ1) is 11.4. The lowest BCUT2D eigenvalue weighted by Crippen LogP contribution is -2.31. The molecule has 2 amide bonds. The lowest BCUT2D eigenvalue weighted by atomic mass is 10.2. The van der Waals surface area contributed by atoms with E-state index in [1.54, 1.807) is 12.4 Å². The molecule has 0 radical (unpaired) electrons. The smallest absolute Gasteiger partial charge is 0.319 e. The number of anilines is 1. The summed E-state index contributed by atoms with van der Waals surface area (Å²) in [4.78, 5) is 16.5. The van der Waals surface area contributed by atoms with Gasteiger partial charge in [-0.05, 0) is 45.9 Å². The number of aromatic nitrogens is 3. The van der Waals surface area contributed by atoms with E-state index in [0.29, 0.717) is 5.69 Å². The Morgan fingerprint density at radius 3 is 2.71 bits per heavy atom. The number of pyridine rings is 1. The molecule has 3 aromatic rings. The van der Waals surface area contributed by atoms with Crippen molar-refractivity contribution in [2.45, 2.75) is 39.8 Å². The highest BCUT2D eigenvalue weighted by Gasteiger charge is 2.14. The number of hydrogen-bond acceptors (Lipinski definition) is 4. The number of nitrogens with one attached hydrogen (secondary N) is 2. The van der Waals surface area contributed by atoms with Gasteiger partial charge in [-0.15, -0.1) is 0 Å². The summed E-state index contributed by atoms with van der Waals surface area (Å²) in [6.45, 7) is 7.83. The number of hydrogen-bond donors (Lipinski definition) is 2. The SMILES string of the molecule is Cc1ccc([C@H](C)NC(=O)Nc2cnc3c(cnn3C(C)C)c2)o1. The van der Waals surface area contributed by atoms with Crippen molar-refractivity contribution >= 4 is 22.8 Å². The van der Waals surface area contributed by atoms with E-state index in [1.807, 2.05) is 50.6 Å². The van der Waals surface area contributed by atoms with Crippen molar-refractivity contribution in [2.75, 3.05) is 5.32 Å². The topological polar surface area (TPSA) is 85.0 Å². The van der Waals surface area contributed by atoms with E-state index in [9.17, 15) is 4.79 Å². The number of nitrogens with zero attached hydrogens (tertiary/aromatic N) is 3. The molecule has 3 aromatic heterocycles. The minimum atomic E-state index is -0.311. The van der Waals surface area contributed by atoms with Crippen LogP contribution in [0.3, 0.4) is 0 Å². The summed E-state index contributed by atoms with van der Waals surface area (Å²) >= 11 is 0. The molecule has 0 saturated carbocycles. The zero-order valence-electron chi connectivity index (χ0n) is 14.2. The molecule has 24 heavy (non-hydrogen) atoms. The molecule has 0 saturated heterocycles. The summed E-state index contributed by atoms with van der Waals surface area (Å²) in [6.07, 6.45) is 3.38. The van der Waals surface area contributed by atoms with Gasteiger partial charge in [0, 0.05) is 11.4 Å². The fraction of sp³-hybridized carbons (Fsp3) is 0.353. The van der Waals surface area contributed by atoms with Crippen molar-refractivity contribution in [3.63, 3.8) is 0 Å². The highest BCUT2D eigenvalue weighted by molar-refractivity contribution is 5.91. The summed E-state index contributed by atoms with van der Waals surface area (Å²) in [6, 6.07) is 5.28. The Labute approximate surface area is 140 Å². The first kappa shape index (κ1) is 16.0. The van der Waals surface area contributed by atoms with Gasteiger partial charge >= 0.3 is 6.03 Å². The Kier molecular flexibility index (Phi) is 4.24. The fourth-order valence-corrected chi connectivity index (χ4v) is 2.51.